The molecule has 8 heteroatoms. The van der Waals surface area contributed by atoms with Crippen LogP contribution >= 0.6 is 0 Å². The fourth-order valence-corrected chi connectivity index (χ4v) is 3.90. The van der Waals surface area contributed by atoms with E-state index >= 15 is 0 Å². The molecule has 0 spiro atoms. The zero-order chi connectivity index (χ0) is 22.5. The maximum Gasteiger partial charge on any atom is 0.329 e. The van der Waals surface area contributed by atoms with Gasteiger partial charge in [0.25, 0.3) is 0 Å². The van der Waals surface area contributed by atoms with Crippen molar-refractivity contribution in [3.8, 4) is 11.7 Å². The van der Waals surface area contributed by atoms with Gasteiger partial charge in [0.1, 0.15) is 6.10 Å². The first-order valence-electron chi connectivity index (χ1n) is 11.0. The predicted octanol–water partition coefficient (Wildman–Crippen LogP) is 4.46. The summed E-state index contributed by atoms with van der Waals surface area (Å²) >= 11 is 0. The van der Waals surface area contributed by atoms with E-state index in [1.54, 1.807) is 21.8 Å². The number of carbonyl (C=O) groups excluding carboxylic acids is 1. The highest BCUT2D eigenvalue weighted by atomic mass is 16.5. The van der Waals surface area contributed by atoms with E-state index in [1.807, 2.05) is 83.9 Å². The van der Waals surface area contributed by atoms with Crippen LogP contribution in [0.1, 0.15) is 12.8 Å². The Labute approximate surface area is 192 Å². The van der Waals surface area contributed by atoms with Gasteiger partial charge in [0.05, 0.1) is 11.4 Å². The average molecular weight is 441 g/mol. The van der Waals surface area contributed by atoms with Gasteiger partial charge in [-0.05, 0) is 36.4 Å². The van der Waals surface area contributed by atoms with Gasteiger partial charge < -0.3 is 9.64 Å². The van der Waals surface area contributed by atoms with Gasteiger partial charge in [0, 0.05) is 44.4 Å². The monoisotopic (exact) mass is 440 g/mol. The Morgan fingerprint density at radius 1 is 0.848 bits per heavy atom. The second-order valence-electron chi connectivity index (χ2n) is 7.77. The molecule has 0 bridgehead atoms. The van der Waals surface area contributed by atoms with Crippen LogP contribution < -0.4 is 9.64 Å². The lowest BCUT2D eigenvalue weighted by atomic mass is 10.1. The minimum absolute atomic E-state index is 0.0131. The molecule has 3 heterocycles. The van der Waals surface area contributed by atoms with E-state index in [9.17, 15) is 4.79 Å². The van der Waals surface area contributed by atoms with Gasteiger partial charge in [-0.1, -0.05) is 36.4 Å². The molecule has 4 aromatic rings. The lowest BCUT2D eigenvalue weighted by molar-refractivity contribution is 0.109. The number of aromatic nitrogens is 4. The van der Waals surface area contributed by atoms with Crippen LogP contribution in [0.3, 0.4) is 0 Å². The molecule has 0 radical (unpaired) electrons. The van der Waals surface area contributed by atoms with Crippen molar-refractivity contribution in [2.75, 3.05) is 18.0 Å². The van der Waals surface area contributed by atoms with Gasteiger partial charge in [-0.25, -0.2) is 9.48 Å². The van der Waals surface area contributed by atoms with Crippen LogP contribution in [0.25, 0.3) is 5.82 Å². The summed E-state index contributed by atoms with van der Waals surface area (Å²) in [5.74, 6) is 1.11. The molecule has 0 N–H and O–H groups in total. The summed E-state index contributed by atoms with van der Waals surface area (Å²) in [6.45, 7) is 1.22. The number of carbonyl (C=O) groups is 1. The third kappa shape index (κ3) is 4.69. The molecule has 8 nitrogen and oxygen atoms in total. The van der Waals surface area contributed by atoms with E-state index in [4.69, 9.17) is 4.74 Å². The molecule has 0 saturated carbocycles. The number of benzene rings is 2. The first-order chi connectivity index (χ1) is 16.3. The summed E-state index contributed by atoms with van der Waals surface area (Å²) in [5.41, 5.74) is 1.69. The van der Waals surface area contributed by atoms with Crippen LogP contribution in [0.15, 0.2) is 91.3 Å². The van der Waals surface area contributed by atoms with Crippen molar-refractivity contribution < 1.29 is 9.53 Å². The van der Waals surface area contributed by atoms with Crippen LogP contribution in [0, 0.1) is 0 Å². The molecule has 0 atom stereocenters. The molecule has 1 aliphatic rings. The number of urea groups is 1. The molecule has 1 saturated heterocycles. The molecule has 33 heavy (non-hydrogen) atoms. The van der Waals surface area contributed by atoms with Crippen LogP contribution in [-0.2, 0) is 0 Å². The van der Waals surface area contributed by atoms with Crippen LogP contribution in [-0.4, -0.2) is 50.1 Å². The van der Waals surface area contributed by atoms with Gasteiger partial charge in [-0.15, -0.1) is 10.2 Å². The highest BCUT2D eigenvalue weighted by Crippen LogP contribution is 2.28. The van der Waals surface area contributed by atoms with Crippen molar-refractivity contribution in [1.29, 1.82) is 0 Å². The Hall–Kier alpha value is -4.20. The Morgan fingerprint density at radius 2 is 1.52 bits per heavy atom. The Balaban J connectivity index is 1.23. The first kappa shape index (κ1) is 20.7. The topological polar surface area (TPSA) is 76.4 Å². The SMILES string of the molecule is O=C(N1CCC(Oc2ccc(-n3cccn3)nn2)CC1)N(c1ccccc1)c1ccccc1. The second-order valence-corrected chi connectivity index (χ2v) is 7.77. The summed E-state index contributed by atoms with van der Waals surface area (Å²) in [7, 11) is 0. The highest BCUT2D eigenvalue weighted by molar-refractivity contribution is 5.99. The van der Waals surface area contributed by atoms with Crippen LogP contribution in [0.2, 0.25) is 0 Å². The Kier molecular flexibility index (Phi) is 5.97. The summed E-state index contributed by atoms with van der Waals surface area (Å²) in [6, 6.07) is 24.9. The third-order valence-corrected chi connectivity index (χ3v) is 5.59. The number of para-hydroxylation sites is 2. The lowest BCUT2D eigenvalue weighted by Crippen LogP contribution is -2.47. The molecule has 166 valence electrons. The van der Waals surface area contributed by atoms with Gasteiger partial charge in [-0.2, -0.15) is 5.10 Å². The normalized spacial score (nSPS) is 14.1. The summed E-state index contributed by atoms with van der Waals surface area (Å²) in [6.07, 6.45) is 4.95. The first-order valence-corrected chi connectivity index (χ1v) is 11.0. The molecule has 0 unspecified atom stereocenters. The summed E-state index contributed by atoms with van der Waals surface area (Å²) in [4.78, 5) is 17.1. The zero-order valence-electron chi connectivity index (χ0n) is 18.1. The van der Waals surface area contributed by atoms with Crippen molar-refractivity contribution in [3.63, 3.8) is 0 Å². The van der Waals surface area contributed by atoms with Gasteiger partial charge in [0.15, 0.2) is 5.82 Å². The smallest absolute Gasteiger partial charge is 0.329 e. The van der Waals surface area contributed by atoms with E-state index in [0.29, 0.717) is 24.8 Å². The number of piperidine rings is 1. The molecular formula is C25H24N6O2. The molecule has 2 amide bonds. The largest absolute Gasteiger partial charge is 0.473 e. The minimum Gasteiger partial charge on any atom is -0.473 e. The molecular weight excluding hydrogens is 416 g/mol. The van der Waals surface area contributed by atoms with E-state index in [1.165, 1.54) is 0 Å². The second kappa shape index (κ2) is 9.52. The number of ether oxygens (including phenoxy) is 1. The maximum atomic E-state index is 13.5. The number of anilines is 2. The zero-order valence-corrected chi connectivity index (χ0v) is 18.1. The predicted molar refractivity (Wildman–Crippen MR) is 125 cm³/mol. The molecule has 5 rings (SSSR count). The molecule has 2 aromatic carbocycles. The fourth-order valence-electron chi connectivity index (χ4n) is 3.90. The van der Waals surface area contributed by atoms with Crippen molar-refractivity contribution in [3.05, 3.63) is 91.3 Å². The van der Waals surface area contributed by atoms with Crippen LogP contribution in [0.4, 0.5) is 16.2 Å². The van der Waals surface area contributed by atoms with Crippen LogP contribution in [0.5, 0.6) is 5.88 Å². The molecule has 2 aromatic heterocycles. The lowest BCUT2D eigenvalue weighted by Gasteiger charge is -2.35. The number of likely N-dealkylation sites (tertiary alicyclic amines) is 1. The Morgan fingerprint density at radius 3 is 2.06 bits per heavy atom. The van der Waals surface area contributed by atoms with Gasteiger partial charge in [0.2, 0.25) is 5.88 Å². The average Bonchev–Trinajstić information content (AvgIpc) is 3.42. The molecule has 1 aliphatic heterocycles. The fraction of sp³-hybridized carbons (Fsp3) is 0.200. The third-order valence-electron chi connectivity index (χ3n) is 5.59. The van der Waals surface area contributed by atoms with Crippen molar-refractivity contribution >= 4 is 17.4 Å². The maximum absolute atomic E-state index is 13.5. The van der Waals surface area contributed by atoms with E-state index in [0.717, 1.165) is 24.2 Å². The Bertz CT molecular complexity index is 1120. The number of hydrogen-bond acceptors (Lipinski definition) is 5. The van der Waals surface area contributed by atoms with Gasteiger partial charge >= 0.3 is 6.03 Å². The van der Waals surface area contributed by atoms with Crippen molar-refractivity contribution in [2.45, 2.75) is 18.9 Å². The minimum atomic E-state index is -0.0331. The quantitative estimate of drug-likeness (QED) is 0.458. The van der Waals surface area contributed by atoms with Crippen molar-refractivity contribution in [1.82, 2.24) is 24.9 Å². The summed E-state index contributed by atoms with van der Waals surface area (Å²) in [5, 5.41) is 12.5. The number of amides is 2. The van der Waals surface area contributed by atoms with E-state index < -0.39 is 0 Å². The van der Waals surface area contributed by atoms with E-state index in [-0.39, 0.29) is 12.1 Å². The molecule has 1 fully saturated rings. The van der Waals surface area contributed by atoms with Crippen molar-refractivity contribution in [2.24, 2.45) is 0 Å². The van der Waals surface area contributed by atoms with E-state index in [2.05, 4.69) is 15.3 Å². The summed E-state index contributed by atoms with van der Waals surface area (Å²) < 4.78 is 7.68. The standard InChI is InChI=1S/C25H24N6O2/c32-25(31(20-8-3-1-4-9-20)21-10-5-2-6-11-21)29-18-14-22(15-19-29)33-24-13-12-23(27-28-24)30-17-7-16-26-30/h1-13,16-17,22H,14-15,18-19H2. The van der Waals surface area contributed by atoms with Gasteiger partial charge in [-0.3, -0.25) is 4.90 Å². The number of hydrogen-bond donors (Lipinski definition) is 0. The number of rotatable bonds is 5. The highest BCUT2D eigenvalue weighted by Gasteiger charge is 2.29. The number of nitrogens with zero attached hydrogens (tertiary/aromatic N) is 6. The molecule has 0 aliphatic carbocycles.